The van der Waals surface area contributed by atoms with E-state index >= 15 is 0 Å². The predicted molar refractivity (Wildman–Crippen MR) is 79.6 cm³/mol. The lowest BCUT2D eigenvalue weighted by Gasteiger charge is -1.97. The Bertz CT molecular complexity index is 766. The van der Waals surface area contributed by atoms with E-state index in [1.165, 1.54) is 60.7 Å². The lowest BCUT2D eigenvalue weighted by Crippen LogP contribution is -1.96. The topological polar surface area (TPSA) is 103 Å². The molecule has 0 fully saturated rings. The minimum atomic E-state index is -0.573. The summed E-state index contributed by atoms with van der Waals surface area (Å²) in [6.45, 7) is 0. The molecule has 2 aromatic carbocycles. The van der Waals surface area contributed by atoms with E-state index in [2.05, 4.69) is 0 Å². The third kappa shape index (κ3) is 3.60. The Morgan fingerprint density at radius 2 is 1.55 bits per heavy atom. The molecule has 2 aromatic rings. The SMILES string of the molecule is O=C(/C=C/c1ccc([N+](=O)[O-])cc1)c1cccc([N+](=O)[O-])c1. The summed E-state index contributed by atoms with van der Waals surface area (Å²) in [4.78, 5) is 32.1. The normalized spacial score (nSPS) is 10.5. The first-order valence-corrected chi connectivity index (χ1v) is 6.19. The van der Waals surface area contributed by atoms with Gasteiger partial charge in [-0.1, -0.05) is 18.2 Å². The summed E-state index contributed by atoms with van der Waals surface area (Å²) in [7, 11) is 0. The monoisotopic (exact) mass is 298 g/mol. The van der Waals surface area contributed by atoms with Crippen molar-refractivity contribution in [2.24, 2.45) is 0 Å². The zero-order valence-electron chi connectivity index (χ0n) is 11.2. The molecule has 0 aromatic heterocycles. The summed E-state index contributed by atoms with van der Waals surface area (Å²) >= 11 is 0. The smallest absolute Gasteiger partial charge is 0.270 e. The van der Waals surface area contributed by atoms with Gasteiger partial charge in [-0.05, 0) is 23.8 Å². The number of carbonyl (C=O) groups is 1. The van der Waals surface area contributed by atoms with E-state index in [4.69, 9.17) is 0 Å². The highest BCUT2D eigenvalue weighted by Gasteiger charge is 2.09. The van der Waals surface area contributed by atoms with Crippen molar-refractivity contribution in [2.45, 2.75) is 0 Å². The number of hydrogen-bond donors (Lipinski definition) is 0. The minimum Gasteiger partial charge on any atom is -0.289 e. The van der Waals surface area contributed by atoms with Gasteiger partial charge in [0.15, 0.2) is 5.78 Å². The van der Waals surface area contributed by atoms with Crippen molar-refractivity contribution in [1.29, 1.82) is 0 Å². The first-order chi connectivity index (χ1) is 10.5. The molecule has 0 radical (unpaired) electrons. The molecule has 110 valence electrons. The van der Waals surface area contributed by atoms with E-state index in [-0.39, 0.29) is 22.7 Å². The van der Waals surface area contributed by atoms with Gasteiger partial charge in [0, 0.05) is 29.8 Å². The van der Waals surface area contributed by atoms with Crippen LogP contribution in [0.3, 0.4) is 0 Å². The summed E-state index contributed by atoms with van der Waals surface area (Å²) in [5.41, 5.74) is 0.619. The fourth-order valence-electron chi connectivity index (χ4n) is 1.75. The molecule has 22 heavy (non-hydrogen) atoms. The van der Waals surface area contributed by atoms with Crippen LogP contribution in [0.15, 0.2) is 54.6 Å². The molecule has 0 saturated carbocycles. The summed E-state index contributed by atoms with van der Waals surface area (Å²) in [6.07, 6.45) is 2.76. The third-order valence-corrected chi connectivity index (χ3v) is 2.87. The van der Waals surface area contributed by atoms with Crippen LogP contribution in [0, 0.1) is 20.2 Å². The lowest BCUT2D eigenvalue weighted by molar-refractivity contribution is -0.385. The van der Waals surface area contributed by atoms with Crippen molar-refractivity contribution >= 4 is 23.2 Å². The highest BCUT2D eigenvalue weighted by atomic mass is 16.6. The molecule has 0 spiro atoms. The molecule has 0 amide bonds. The number of nitro benzene ring substituents is 2. The maximum absolute atomic E-state index is 12.0. The van der Waals surface area contributed by atoms with Crippen LogP contribution in [-0.2, 0) is 0 Å². The van der Waals surface area contributed by atoms with Crippen LogP contribution in [0.4, 0.5) is 11.4 Å². The number of rotatable bonds is 5. The molecule has 2 rings (SSSR count). The number of hydrogen-bond acceptors (Lipinski definition) is 5. The van der Waals surface area contributed by atoms with Gasteiger partial charge < -0.3 is 0 Å². The Hall–Kier alpha value is -3.35. The second-order valence-corrected chi connectivity index (χ2v) is 4.35. The molecule has 0 N–H and O–H groups in total. The molecule has 0 aliphatic rings. The quantitative estimate of drug-likeness (QED) is 0.364. The number of non-ortho nitro benzene ring substituents is 2. The van der Waals surface area contributed by atoms with E-state index in [9.17, 15) is 25.0 Å². The van der Waals surface area contributed by atoms with Crippen molar-refractivity contribution in [2.75, 3.05) is 0 Å². The molecule has 7 nitrogen and oxygen atoms in total. The maximum atomic E-state index is 12.0. The van der Waals surface area contributed by atoms with E-state index < -0.39 is 9.85 Å². The Balaban J connectivity index is 2.15. The van der Waals surface area contributed by atoms with Gasteiger partial charge >= 0.3 is 0 Å². The van der Waals surface area contributed by atoms with Crippen LogP contribution in [0.25, 0.3) is 6.08 Å². The number of benzene rings is 2. The van der Waals surface area contributed by atoms with Gasteiger partial charge in [-0.2, -0.15) is 0 Å². The first kappa shape index (κ1) is 15.0. The molecular weight excluding hydrogens is 288 g/mol. The summed E-state index contributed by atoms with van der Waals surface area (Å²) in [5, 5.41) is 21.2. The number of allylic oxidation sites excluding steroid dienone is 1. The maximum Gasteiger partial charge on any atom is 0.270 e. The van der Waals surface area contributed by atoms with Gasteiger partial charge in [0.1, 0.15) is 0 Å². The second kappa shape index (κ2) is 6.40. The van der Waals surface area contributed by atoms with Crippen molar-refractivity contribution in [3.63, 3.8) is 0 Å². The van der Waals surface area contributed by atoms with Crippen molar-refractivity contribution in [3.8, 4) is 0 Å². The predicted octanol–water partition coefficient (Wildman–Crippen LogP) is 3.40. The van der Waals surface area contributed by atoms with Gasteiger partial charge in [-0.25, -0.2) is 0 Å². The average molecular weight is 298 g/mol. The standard InChI is InChI=1S/C15H10N2O5/c18-15(12-2-1-3-14(10-12)17(21)22)9-6-11-4-7-13(8-5-11)16(19)20/h1-10H/b9-6+. The average Bonchev–Trinajstić information content (AvgIpc) is 2.53. The minimum absolute atomic E-state index is 0.0397. The van der Waals surface area contributed by atoms with E-state index in [0.717, 1.165) is 0 Å². The Labute approximate surface area is 124 Å². The summed E-state index contributed by atoms with van der Waals surface area (Å²) < 4.78 is 0. The zero-order chi connectivity index (χ0) is 16.1. The molecule has 0 aliphatic carbocycles. The van der Waals surface area contributed by atoms with E-state index in [0.29, 0.717) is 5.56 Å². The fourth-order valence-corrected chi connectivity index (χ4v) is 1.75. The van der Waals surface area contributed by atoms with Crippen molar-refractivity contribution in [3.05, 3.63) is 86.0 Å². The van der Waals surface area contributed by atoms with E-state index in [1.54, 1.807) is 0 Å². The zero-order valence-corrected chi connectivity index (χ0v) is 11.2. The molecule has 7 heteroatoms. The molecular formula is C15H10N2O5. The number of nitrogens with zero attached hydrogens (tertiary/aromatic N) is 2. The number of carbonyl (C=O) groups excluding carboxylic acids is 1. The molecule has 0 aliphatic heterocycles. The van der Waals surface area contributed by atoms with Crippen LogP contribution >= 0.6 is 0 Å². The van der Waals surface area contributed by atoms with E-state index in [1.807, 2.05) is 0 Å². The highest BCUT2D eigenvalue weighted by molar-refractivity contribution is 6.07. The molecule has 0 saturated heterocycles. The van der Waals surface area contributed by atoms with Crippen molar-refractivity contribution < 1.29 is 14.6 Å². The van der Waals surface area contributed by atoms with Gasteiger partial charge in [0.05, 0.1) is 9.85 Å². The number of ketones is 1. The van der Waals surface area contributed by atoms with Crippen LogP contribution in [0.1, 0.15) is 15.9 Å². The van der Waals surface area contributed by atoms with Crippen LogP contribution in [0.5, 0.6) is 0 Å². The molecule has 0 unspecified atom stereocenters. The lowest BCUT2D eigenvalue weighted by atomic mass is 10.1. The van der Waals surface area contributed by atoms with Gasteiger partial charge in [-0.3, -0.25) is 25.0 Å². The Morgan fingerprint density at radius 1 is 0.909 bits per heavy atom. The summed E-state index contributed by atoms with van der Waals surface area (Å²) in [6, 6.07) is 11.1. The molecule has 0 atom stereocenters. The van der Waals surface area contributed by atoms with Gasteiger partial charge in [0.2, 0.25) is 0 Å². The molecule has 0 bridgehead atoms. The van der Waals surface area contributed by atoms with Gasteiger partial charge in [-0.15, -0.1) is 0 Å². The van der Waals surface area contributed by atoms with Crippen LogP contribution < -0.4 is 0 Å². The second-order valence-electron chi connectivity index (χ2n) is 4.35. The first-order valence-electron chi connectivity index (χ1n) is 6.19. The Morgan fingerprint density at radius 3 is 2.14 bits per heavy atom. The Kier molecular flexibility index (Phi) is 4.38. The summed E-state index contributed by atoms with van der Waals surface area (Å²) in [5.74, 6) is -0.387. The number of nitro groups is 2. The van der Waals surface area contributed by atoms with Crippen LogP contribution in [-0.4, -0.2) is 15.6 Å². The fraction of sp³-hybridized carbons (Fsp3) is 0. The van der Waals surface area contributed by atoms with Crippen LogP contribution in [0.2, 0.25) is 0 Å². The highest BCUT2D eigenvalue weighted by Crippen LogP contribution is 2.16. The third-order valence-electron chi connectivity index (χ3n) is 2.87. The van der Waals surface area contributed by atoms with Crippen molar-refractivity contribution in [1.82, 2.24) is 0 Å². The van der Waals surface area contributed by atoms with Gasteiger partial charge in [0.25, 0.3) is 11.4 Å². The largest absolute Gasteiger partial charge is 0.289 e. The molecule has 0 heterocycles.